The monoisotopic (exact) mass is 678 g/mol. The fourth-order valence-corrected chi connectivity index (χ4v) is 13.1. The second-order valence-corrected chi connectivity index (χ2v) is 18.9. The van der Waals surface area contributed by atoms with Crippen molar-refractivity contribution in [3.63, 3.8) is 0 Å². The Bertz CT molecular complexity index is 590. The van der Waals surface area contributed by atoms with Crippen LogP contribution in [0, 0.1) is 0 Å². The molecule has 0 spiro atoms. The van der Waals surface area contributed by atoms with E-state index in [4.69, 9.17) is 31.6 Å². The summed E-state index contributed by atoms with van der Waals surface area (Å²) in [6.07, 6.45) is 0.492. The van der Waals surface area contributed by atoms with E-state index >= 15 is 0 Å². The van der Waals surface area contributed by atoms with Gasteiger partial charge in [-0.25, -0.2) is 0 Å². The Morgan fingerprint density at radius 1 is 0.686 bits per heavy atom. The molecular formula is C20H41BIN2O7PSSi2. The first kappa shape index (κ1) is 30.9. The highest BCUT2D eigenvalue weighted by molar-refractivity contribution is 14.1. The Hall–Kier alpha value is 1.39. The van der Waals surface area contributed by atoms with Crippen LogP contribution in [0.5, 0.6) is 0 Å². The van der Waals surface area contributed by atoms with E-state index in [0.717, 1.165) is 39.3 Å². The van der Waals surface area contributed by atoms with Gasteiger partial charge in [0.2, 0.25) is 0 Å². The molecule has 6 saturated heterocycles. The molecule has 6 aliphatic heterocycles. The number of rotatable bonds is 4. The lowest BCUT2D eigenvalue weighted by atomic mass is 10.2. The standard InChI is InChI=1S/C20H40N2O6Si2.BHIOPS/c1-15-9-21-10-16(2)24-29(23-15,25-17(3)11-21)7-8-30-26-18(4)12-22(13-19(5)27-30)14-20(6)28-30;2-1(3)4-5/h15-20H,7-14H2,1-6H3;3H. The molecule has 6 heterocycles. The Labute approximate surface area is 233 Å². The summed E-state index contributed by atoms with van der Waals surface area (Å²) in [5.74, 6) is 0. The number of nitrogens with zero attached hydrogens (tertiary/aromatic N) is 2. The number of hydrogen-bond donors (Lipinski definition) is 1. The SMILES string of the molecule is CC1CN2CC(C)O[Si](CC[Si]34OC(C)CN(CC(C)O3)CC(C)O4)(O1)OC(C)C2.OB(I)P=S. The van der Waals surface area contributed by atoms with Crippen LogP contribution in [0.2, 0.25) is 12.1 Å². The van der Waals surface area contributed by atoms with Crippen molar-refractivity contribution >= 4 is 63.5 Å². The Kier molecular flexibility index (Phi) is 12.1. The lowest BCUT2D eigenvalue weighted by Gasteiger charge is -2.48. The van der Waals surface area contributed by atoms with Crippen molar-refractivity contribution in [2.75, 3.05) is 39.3 Å². The molecule has 0 amide bonds. The molecule has 6 aliphatic rings. The molecule has 1 N–H and O–H groups in total. The van der Waals surface area contributed by atoms with Crippen molar-refractivity contribution in [1.82, 2.24) is 9.80 Å². The minimum atomic E-state index is -2.90. The topological polar surface area (TPSA) is 82.1 Å². The zero-order chi connectivity index (χ0) is 25.8. The Balaban J connectivity index is 0.000000623. The summed E-state index contributed by atoms with van der Waals surface area (Å²) in [5.41, 5.74) is 0. The maximum atomic E-state index is 8.23. The smallest absolute Gasteiger partial charge is 0.434 e. The van der Waals surface area contributed by atoms with Gasteiger partial charge in [0.05, 0.1) is 36.6 Å². The summed E-state index contributed by atoms with van der Waals surface area (Å²) in [6, 6.07) is 1.35. The van der Waals surface area contributed by atoms with Crippen LogP contribution >= 0.6 is 29.6 Å². The van der Waals surface area contributed by atoms with Crippen molar-refractivity contribution < 1.29 is 31.6 Å². The molecule has 15 heteroatoms. The van der Waals surface area contributed by atoms with Gasteiger partial charge in [-0.2, -0.15) is 0 Å². The molecule has 0 aromatic rings. The minimum absolute atomic E-state index is 0.0820. The second-order valence-electron chi connectivity index (χ2n) is 10.3. The molecule has 9 nitrogen and oxygen atoms in total. The number of fused-ring (bicyclic) bond motifs is 12. The van der Waals surface area contributed by atoms with E-state index in [0.29, 0.717) is 19.3 Å². The predicted molar refractivity (Wildman–Crippen MR) is 154 cm³/mol. The molecule has 0 saturated carbocycles. The normalized spacial score (nSPS) is 46.3. The molecule has 6 atom stereocenters. The Morgan fingerprint density at radius 3 is 1.06 bits per heavy atom. The highest BCUT2D eigenvalue weighted by atomic mass is 127. The summed E-state index contributed by atoms with van der Waals surface area (Å²) >= 11 is 6.24. The van der Waals surface area contributed by atoms with Gasteiger partial charge in [0.15, 0.2) is 0 Å². The lowest BCUT2D eigenvalue weighted by Crippen LogP contribution is -2.64. The van der Waals surface area contributed by atoms with E-state index in [2.05, 4.69) is 63.1 Å². The first-order chi connectivity index (χ1) is 16.4. The maximum absolute atomic E-state index is 8.23. The summed E-state index contributed by atoms with van der Waals surface area (Å²) < 4.78 is 38.9. The summed E-state index contributed by atoms with van der Waals surface area (Å²) in [5, 5.41) is 8.23. The molecular weight excluding hydrogens is 637 g/mol. The molecule has 6 rings (SSSR count). The van der Waals surface area contributed by atoms with Gasteiger partial charge in [-0.15, -0.1) is 0 Å². The predicted octanol–water partition coefficient (Wildman–Crippen LogP) is 2.76. The van der Waals surface area contributed by atoms with Gasteiger partial charge < -0.3 is 31.6 Å². The van der Waals surface area contributed by atoms with Gasteiger partial charge in [-0.1, -0.05) is 34.2 Å². The molecule has 6 unspecified atom stereocenters. The first-order valence-corrected chi connectivity index (χ1v) is 19.7. The quantitative estimate of drug-likeness (QED) is 0.273. The lowest BCUT2D eigenvalue weighted by molar-refractivity contribution is -0.0867. The van der Waals surface area contributed by atoms with Crippen molar-refractivity contribution in [2.24, 2.45) is 0 Å². The zero-order valence-corrected chi connectivity index (χ0v) is 27.6. The van der Waals surface area contributed by atoms with Crippen LogP contribution < -0.4 is 0 Å². The van der Waals surface area contributed by atoms with Gasteiger partial charge in [0, 0.05) is 51.4 Å². The number of halogens is 1. The van der Waals surface area contributed by atoms with Crippen LogP contribution in [0.1, 0.15) is 41.5 Å². The van der Waals surface area contributed by atoms with Crippen LogP contribution in [-0.4, -0.2) is 113 Å². The average Bonchev–Trinajstić information content (AvgIpc) is 2.67. The molecule has 0 aliphatic carbocycles. The van der Waals surface area contributed by atoms with Crippen molar-refractivity contribution in [2.45, 2.75) is 90.3 Å². The summed E-state index contributed by atoms with van der Waals surface area (Å²) in [7, 11) is -5.18. The fourth-order valence-electron chi connectivity index (χ4n) is 5.52. The van der Waals surface area contributed by atoms with Crippen LogP contribution in [0.15, 0.2) is 0 Å². The van der Waals surface area contributed by atoms with Gasteiger partial charge in [-0.05, 0) is 48.8 Å². The van der Waals surface area contributed by atoms with Gasteiger partial charge in [0.1, 0.15) is 0 Å². The van der Waals surface area contributed by atoms with Crippen LogP contribution in [0.3, 0.4) is 0 Å². The molecule has 202 valence electrons. The summed E-state index contributed by atoms with van der Waals surface area (Å²) in [6.45, 7) is 18.3. The minimum Gasteiger partial charge on any atom is -0.434 e. The second kappa shape index (κ2) is 13.6. The zero-order valence-electron chi connectivity index (χ0n) is 21.7. The van der Waals surface area contributed by atoms with Gasteiger partial charge in [0.25, 0.3) is 0 Å². The third-order valence-corrected chi connectivity index (χ3v) is 15.7. The largest absolute Gasteiger partial charge is 0.501 e. The third kappa shape index (κ3) is 9.52. The molecule has 35 heavy (non-hydrogen) atoms. The van der Waals surface area contributed by atoms with E-state index in [1.54, 1.807) is 0 Å². The van der Waals surface area contributed by atoms with Crippen LogP contribution in [0.4, 0.5) is 0 Å². The van der Waals surface area contributed by atoms with Crippen LogP contribution in [-0.2, 0) is 38.4 Å². The van der Waals surface area contributed by atoms with E-state index < -0.39 is 17.6 Å². The first-order valence-electron chi connectivity index (χ1n) is 12.6. The third-order valence-electron chi connectivity index (χ3n) is 6.20. The average molecular weight is 678 g/mol. The van der Waals surface area contributed by atoms with E-state index in [1.165, 1.54) is 0 Å². The van der Waals surface area contributed by atoms with E-state index in [9.17, 15) is 0 Å². The van der Waals surface area contributed by atoms with Crippen LogP contribution in [0.25, 0.3) is 0 Å². The highest BCUT2D eigenvalue weighted by Crippen LogP contribution is 2.35. The Morgan fingerprint density at radius 2 is 0.886 bits per heavy atom. The van der Waals surface area contributed by atoms with Crippen molar-refractivity contribution in [3.8, 4) is 0 Å². The van der Waals surface area contributed by atoms with Crippen molar-refractivity contribution in [1.29, 1.82) is 0 Å². The highest BCUT2D eigenvalue weighted by Gasteiger charge is 2.55. The molecule has 0 aromatic heterocycles. The fraction of sp³-hybridized carbons (Fsp3) is 1.00. The molecule has 6 fully saturated rings. The molecule has 0 radical (unpaired) electrons. The van der Waals surface area contributed by atoms with E-state index in [1.807, 2.05) is 22.4 Å². The number of hydrogen-bond acceptors (Lipinski definition) is 10. The van der Waals surface area contributed by atoms with Gasteiger partial charge >= 0.3 is 22.1 Å². The summed E-state index contributed by atoms with van der Waals surface area (Å²) in [4.78, 5) is 4.78. The van der Waals surface area contributed by atoms with Crippen molar-refractivity contribution in [3.05, 3.63) is 0 Å². The maximum Gasteiger partial charge on any atom is 0.501 e. The van der Waals surface area contributed by atoms with E-state index in [-0.39, 0.29) is 41.1 Å². The molecule has 4 bridgehead atoms. The van der Waals surface area contributed by atoms with Gasteiger partial charge in [-0.3, -0.25) is 9.80 Å². The molecule has 0 aromatic carbocycles.